The maximum Gasteiger partial charge on any atom is 0.247 e. The molecule has 0 amide bonds. The second-order valence-corrected chi connectivity index (χ2v) is 4.60. The van der Waals surface area contributed by atoms with Crippen LogP contribution in [0.4, 0.5) is 5.95 Å². The van der Waals surface area contributed by atoms with Crippen LogP contribution in [0.5, 0.6) is 5.88 Å². The number of nitrogen functional groups attached to an aromatic ring is 1. The van der Waals surface area contributed by atoms with Crippen molar-refractivity contribution in [3.63, 3.8) is 0 Å². The molecule has 0 aromatic carbocycles. The molecular weight excluding hydrogens is 258 g/mol. The molecule has 7 nitrogen and oxygen atoms in total. The normalized spacial score (nSPS) is 19.4. The Morgan fingerprint density at radius 2 is 2.40 bits per heavy atom. The number of aliphatic hydroxyl groups excluding tert-OH is 1. The molecular formula is C13H15N5O2. The van der Waals surface area contributed by atoms with Crippen molar-refractivity contribution in [2.45, 2.75) is 6.42 Å². The Morgan fingerprint density at radius 3 is 3.10 bits per heavy atom. The number of rotatable bonds is 5. The summed E-state index contributed by atoms with van der Waals surface area (Å²) in [5.41, 5.74) is 8.00. The summed E-state index contributed by atoms with van der Waals surface area (Å²) in [5, 5.41) is 9.06. The molecule has 0 aliphatic heterocycles. The maximum absolute atomic E-state index is 9.06. The molecule has 20 heavy (non-hydrogen) atoms. The highest BCUT2D eigenvalue weighted by Gasteiger charge is 2.29. The summed E-state index contributed by atoms with van der Waals surface area (Å²) in [6.07, 6.45) is 6.08. The third-order valence-corrected chi connectivity index (χ3v) is 3.12. The molecule has 0 bridgehead atoms. The van der Waals surface area contributed by atoms with Gasteiger partial charge in [-0.2, -0.15) is 9.97 Å². The summed E-state index contributed by atoms with van der Waals surface area (Å²) in [4.78, 5) is 12.5. The number of aromatic nitrogens is 4. The average molecular weight is 273 g/mol. The van der Waals surface area contributed by atoms with Crippen molar-refractivity contribution >= 4 is 23.3 Å². The number of fused-ring (bicyclic) bond motifs is 1. The van der Waals surface area contributed by atoms with Crippen LogP contribution in [0.25, 0.3) is 17.4 Å². The van der Waals surface area contributed by atoms with Gasteiger partial charge in [0.2, 0.25) is 11.8 Å². The molecule has 3 rings (SSSR count). The molecule has 1 aliphatic rings. The van der Waals surface area contributed by atoms with E-state index in [4.69, 9.17) is 15.6 Å². The van der Waals surface area contributed by atoms with Gasteiger partial charge in [0.15, 0.2) is 11.2 Å². The van der Waals surface area contributed by atoms with Gasteiger partial charge < -0.3 is 15.6 Å². The zero-order valence-electron chi connectivity index (χ0n) is 10.9. The van der Waals surface area contributed by atoms with E-state index in [1.165, 1.54) is 0 Å². The van der Waals surface area contributed by atoms with E-state index in [0.717, 1.165) is 12.0 Å². The first-order chi connectivity index (χ1) is 9.72. The smallest absolute Gasteiger partial charge is 0.247 e. The highest BCUT2D eigenvalue weighted by atomic mass is 16.5. The first-order valence-corrected chi connectivity index (χ1v) is 6.28. The number of anilines is 1. The van der Waals surface area contributed by atoms with Gasteiger partial charge in [0.25, 0.3) is 0 Å². The van der Waals surface area contributed by atoms with E-state index < -0.39 is 0 Å². The summed E-state index contributed by atoms with van der Waals surface area (Å²) in [5.74, 6) is 0.730. The zero-order chi connectivity index (χ0) is 14.1. The van der Waals surface area contributed by atoms with Gasteiger partial charge in [-0.15, -0.1) is 0 Å². The Bertz CT molecular complexity index is 691. The van der Waals surface area contributed by atoms with E-state index >= 15 is 0 Å². The fraction of sp³-hybridized carbons (Fsp3) is 0.308. The van der Waals surface area contributed by atoms with E-state index in [2.05, 4.69) is 21.5 Å². The standard InChI is InChI=1S/C13H15N5O2/c1-2-3-20-12-10-11(16-13(14)17-12)18(7-15-10)5-8-4-9(8)6-19/h2,5,7,9,19H,1,3-4,6H2,(H2,14,16,17)/t9-/m1/s1. The molecule has 2 heterocycles. The monoisotopic (exact) mass is 273 g/mol. The molecule has 1 atom stereocenters. The number of nitrogens with two attached hydrogens (primary N) is 1. The lowest BCUT2D eigenvalue weighted by Crippen LogP contribution is -2.02. The first kappa shape index (κ1) is 12.6. The summed E-state index contributed by atoms with van der Waals surface area (Å²) < 4.78 is 7.22. The number of hydrogen-bond donors (Lipinski definition) is 2. The van der Waals surface area contributed by atoms with E-state index in [0.29, 0.717) is 23.7 Å². The zero-order valence-corrected chi connectivity index (χ0v) is 10.9. The third kappa shape index (κ3) is 2.23. The van der Waals surface area contributed by atoms with Crippen molar-refractivity contribution in [1.29, 1.82) is 0 Å². The van der Waals surface area contributed by atoms with Gasteiger partial charge in [-0.3, -0.25) is 4.57 Å². The molecule has 0 saturated heterocycles. The quantitative estimate of drug-likeness (QED) is 0.783. The van der Waals surface area contributed by atoms with Crippen LogP contribution in [0.3, 0.4) is 0 Å². The number of imidazole rings is 1. The SMILES string of the molecule is C=CCOc1nc(N)nc2c1ncn2C=C1C[C@@H]1CO. The number of nitrogens with zero attached hydrogens (tertiary/aromatic N) is 4. The predicted molar refractivity (Wildman–Crippen MR) is 74.9 cm³/mol. The van der Waals surface area contributed by atoms with Crippen LogP contribution in [0.2, 0.25) is 0 Å². The van der Waals surface area contributed by atoms with E-state index in [-0.39, 0.29) is 18.5 Å². The predicted octanol–water partition coefficient (Wildman–Crippen LogP) is 0.826. The minimum atomic E-state index is 0.131. The topological polar surface area (TPSA) is 99.1 Å². The molecule has 104 valence electrons. The van der Waals surface area contributed by atoms with E-state index in [1.807, 2.05) is 6.20 Å². The van der Waals surface area contributed by atoms with Crippen LogP contribution in [0.15, 0.2) is 24.6 Å². The largest absolute Gasteiger partial charge is 0.472 e. The maximum atomic E-state index is 9.06. The molecule has 7 heteroatoms. The molecule has 1 fully saturated rings. The van der Waals surface area contributed by atoms with Crippen molar-refractivity contribution in [2.75, 3.05) is 18.9 Å². The van der Waals surface area contributed by atoms with Crippen molar-refractivity contribution in [3.8, 4) is 5.88 Å². The average Bonchev–Trinajstić information content (AvgIpc) is 3.08. The minimum Gasteiger partial charge on any atom is -0.472 e. The molecule has 0 spiro atoms. The number of hydrogen-bond acceptors (Lipinski definition) is 6. The van der Waals surface area contributed by atoms with Crippen LogP contribution in [-0.2, 0) is 0 Å². The van der Waals surface area contributed by atoms with Crippen molar-refractivity contribution < 1.29 is 9.84 Å². The van der Waals surface area contributed by atoms with Crippen LogP contribution in [0, 0.1) is 5.92 Å². The third-order valence-electron chi connectivity index (χ3n) is 3.12. The molecule has 3 N–H and O–H groups in total. The molecule has 0 radical (unpaired) electrons. The van der Waals surface area contributed by atoms with Crippen molar-refractivity contribution in [1.82, 2.24) is 19.5 Å². The van der Waals surface area contributed by atoms with Gasteiger partial charge in [0.05, 0.1) is 0 Å². The van der Waals surface area contributed by atoms with E-state index in [9.17, 15) is 0 Å². The summed E-state index contributed by atoms with van der Waals surface area (Å²) in [6, 6.07) is 0. The summed E-state index contributed by atoms with van der Waals surface area (Å²) in [6.45, 7) is 4.09. The number of aliphatic hydroxyl groups is 1. The summed E-state index contributed by atoms with van der Waals surface area (Å²) in [7, 11) is 0. The van der Waals surface area contributed by atoms with E-state index in [1.54, 1.807) is 17.0 Å². The van der Waals surface area contributed by atoms with Gasteiger partial charge >= 0.3 is 0 Å². The Balaban J connectivity index is 2.01. The first-order valence-electron chi connectivity index (χ1n) is 6.28. The fourth-order valence-electron chi connectivity index (χ4n) is 1.98. The molecule has 1 aliphatic carbocycles. The Labute approximate surface area is 115 Å². The Hall–Kier alpha value is -2.41. The lowest BCUT2D eigenvalue weighted by atomic mass is 10.4. The second-order valence-electron chi connectivity index (χ2n) is 4.60. The van der Waals surface area contributed by atoms with Crippen LogP contribution in [0.1, 0.15) is 6.42 Å². The molecule has 0 unspecified atom stereocenters. The highest BCUT2D eigenvalue weighted by Crippen LogP contribution is 2.38. The lowest BCUT2D eigenvalue weighted by molar-refractivity contribution is 0.281. The minimum absolute atomic E-state index is 0.131. The molecule has 2 aromatic heterocycles. The summed E-state index contributed by atoms with van der Waals surface area (Å²) >= 11 is 0. The Morgan fingerprint density at radius 1 is 1.55 bits per heavy atom. The highest BCUT2D eigenvalue weighted by molar-refractivity contribution is 5.79. The van der Waals surface area contributed by atoms with Crippen molar-refractivity contribution in [2.24, 2.45) is 5.92 Å². The van der Waals surface area contributed by atoms with Gasteiger partial charge in [-0.05, 0) is 12.0 Å². The fourth-order valence-corrected chi connectivity index (χ4v) is 1.98. The van der Waals surface area contributed by atoms with Gasteiger partial charge in [-0.1, -0.05) is 12.7 Å². The number of ether oxygens (including phenoxy) is 1. The van der Waals surface area contributed by atoms with Gasteiger partial charge in [0, 0.05) is 18.7 Å². The van der Waals surface area contributed by atoms with Crippen molar-refractivity contribution in [3.05, 3.63) is 24.6 Å². The molecule has 2 aromatic rings. The second kappa shape index (κ2) is 4.93. The van der Waals surface area contributed by atoms with Crippen LogP contribution >= 0.6 is 0 Å². The van der Waals surface area contributed by atoms with Gasteiger partial charge in [0.1, 0.15) is 12.9 Å². The molecule has 1 saturated carbocycles. The van der Waals surface area contributed by atoms with Crippen LogP contribution in [-0.4, -0.2) is 37.8 Å². The van der Waals surface area contributed by atoms with Crippen LogP contribution < -0.4 is 10.5 Å². The Kier molecular flexibility index (Phi) is 3.11. The van der Waals surface area contributed by atoms with Gasteiger partial charge in [-0.25, -0.2) is 4.98 Å². The lowest BCUT2D eigenvalue weighted by Gasteiger charge is -2.04.